The molecule has 0 saturated heterocycles. The molecule has 132 valence electrons. The van der Waals surface area contributed by atoms with Gasteiger partial charge in [-0.25, -0.2) is 0 Å². The summed E-state index contributed by atoms with van der Waals surface area (Å²) in [5.41, 5.74) is 0.960. The number of hydrogen-bond donors (Lipinski definition) is 1. The lowest BCUT2D eigenvalue weighted by Crippen LogP contribution is -2.28. The first kappa shape index (κ1) is 19.2. The van der Waals surface area contributed by atoms with Gasteiger partial charge < -0.3 is 5.11 Å². The molecule has 0 aliphatic heterocycles. The number of aliphatic carboxylic acids is 1. The van der Waals surface area contributed by atoms with E-state index >= 15 is 0 Å². The number of rotatable bonds is 7. The van der Waals surface area contributed by atoms with Crippen LogP contribution in [0.5, 0.6) is 0 Å². The number of carbonyl (C=O) groups excluding carboxylic acids is 1. The molecular weight excluding hydrogens is 368 g/mol. The third kappa shape index (κ3) is 5.44. The first-order valence-corrected chi connectivity index (χ1v) is 9.66. The Kier molecular flexibility index (Phi) is 7.02. The van der Waals surface area contributed by atoms with Crippen molar-refractivity contribution < 1.29 is 14.7 Å². The summed E-state index contributed by atoms with van der Waals surface area (Å²) in [7, 11) is 0. The zero-order valence-electron chi connectivity index (χ0n) is 14.5. The smallest absolute Gasteiger partial charge is 0.307 e. The van der Waals surface area contributed by atoms with Crippen molar-refractivity contribution >= 4 is 27.7 Å². The summed E-state index contributed by atoms with van der Waals surface area (Å²) < 4.78 is 0.969. The maximum Gasteiger partial charge on any atom is 0.307 e. The zero-order valence-corrected chi connectivity index (χ0v) is 16.1. The van der Waals surface area contributed by atoms with Gasteiger partial charge in [-0.05, 0) is 61.6 Å². The van der Waals surface area contributed by atoms with Gasteiger partial charge in [-0.3, -0.25) is 9.59 Å². The largest absolute Gasteiger partial charge is 0.481 e. The number of carbonyl (C=O) groups is 2. The van der Waals surface area contributed by atoms with E-state index in [4.69, 9.17) is 0 Å². The number of Topliss-reactive ketones (excluding diaryl/α,β-unsaturated/α-hetero) is 1. The van der Waals surface area contributed by atoms with E-state index in [-0.39, 0.29) is 18.1 Å². The summed E-state index contributed by atoms with van der Waals surface area (Å²) >= 11 is 3.38. The maximum atomic E-state index is 12.6. The van der Waals surface area contributed by atoms with Gasteiger partial charge in [0.2, 0.25) is 0 Å². The summed E-state index contributed by atoms with van der Waals surface area (Å²) in [5, 5.41) is 9.49. The minimum atomic E-state index is -0.873. The van der Waals surface area contributed by atoms with Crippen molar-refractivity contribution in [3.05, 3.63) is 34.3 Å². The third-order valence-corrected chi connectivity index (χ3v) is 5.89. The molecule has 1 aromatic rings. The van der Waals surface area contributed by atoms with Gasteiger partial charge >= 0.3 is 5.97 Å². The molecule has 1 unspecified atom stereocenters. The SMILES string of the molecule is CC(C)C1CCC(C(=O)CC(Cc2ccc(Br)cc2)C(=O)O)CC1. The van der Waals surface area contributed by atoms with Crippen LogP contribution >= 0.6 is 15.9 Å². The van der Waals surface area contributed by atoms with Crippen LogP contribution in [0.4, 0.5) is 0 Å². The van der Waals surface area contributed by atoms with Crippen molar-refractivity contribution in [1.29, 1.82) is 0 Å². The highest BCUT2D eigenvalue weighted by molar-refractivity contribution is 9.10. The molecule has 1 aromatic carbocycles. The second kappa shape index (κ2) is 8.80. The van der Waals surface area contributed by atoms with Crippen LogP contribution in [-0.4, -0.2) is 16.9 Å². The normalized spacial score (nSPS) is 22.3. The van der Waals surface area contributed by atoms with E-state index in [1.165, 1.54) is 0 Å². The second-order valence-corrected chi connectivity index (χ2v) is 8.31. The van der Waals surface area contributed by atoms with E-state index < -0.39 is 11.9 Å². The lowest BCUT2D eigenvalue weighted by atomic mass is 9.74. The number of benzene rings is 1. The summed E-state index contributed by atoms with van der Waals surface area (Å²) in [4.78, 5) is 24.1. The number of halogens is 1. The highest BCUT2D eigenvalue weighted by atomic mass is 79.9. The fraction of sp³-hybridized carbons (Fsp3) is 0.600. The second-order valence-electron chi connectivity index (χ2n) is 7.39. The van der Waals surface area contributed by atoms with Gasteiger partial charge in [-0.15, -0.1) is 0 Å². The van der Waals surface area contributed by atoms with Crippen LogP contribution in [0.2, 0.25) is 0 Å². The Bertz CT molecular complexity index is 557. The van der Waals surface area contributed by atoms with Crippen molar-refractivity contribution in [3.63, 3.8) is 0 Å². The maximum absolute atomic E-state index is 12.6. The van der Waals surface area contributed by atoms with Crippen LogP contribution in [0.1, 0.15) is 51.5 Å². The van der Waals surface area contributed by atoms with Crippen molar-refractivity contribution in [1.82, 2.24) is 0 Å². The van der Waals surface area contributed by atoms with E-state index in [1.54, 1.807) is 0 Å². The molecule has 0 spiro atoms. The summed E-state index contributed by atoms with van der Waals surface area (Å²) in [6, 6.07) is 7.64. The Morgan fingerprint density at radius 3 is 2.21 bits per heavy atom. The highest BCUT2D eigenvalue weighted by Gasteiger charge is 2.30. The quantitative estimate of drug-likeness (QED) is 0.698. The molecule has 0 aromatic heterocycles. The van der Waals surface area contributed by atoms with E-state index in [0.717, 1.165) is 35.7 Å². The minimum absolute atomic E-state index is 0.0618. The van der Waals surface area contributed by atoms with Crippen LogP contribution in [-0.2, 0) is 16.0 Å². The lowest BCUT2D eigenvalue weighted by Gasteiger charge is -2.30. The van der Waals surface area contributed by atoms with Crippen LogP contribution in [0.25, 0.3) is 0 Å². The molecule has 24 heavy (non-hydrogen) atoms. The summed E-state index contributed by atoms with van der Waals surface area (Å²) in [6.07, 6.45) is 4.60. The summed E-state index contributed by atoms with van der Waals surface area (Å²) in [5.74, 6) is 0.0921. The Morgan fingerprint density at radius 1 is 1.12 bits per heavy atom. The van der Waals surface area contributed by atoms with Gasteiger partial charge in [0.1, 0.15) is 5.78 Å². The Morgan fingerprint density at radius 2 is 1.71 bits per heavy atom. The van der Waals surface area contributed by atoms with Gasteiger partial charge in [0.25, 0.3) is 0 Å². The fourth-order valence-corrected chi connectivity index (χ4v) is 3.93. The van der Waals surface area contributed by atoms with Crippen molar-refractivity contribution in [2.45, 2.75) is 52.4 Å². The third-order valence-electron chi connectivity index (χ3n) is 5.36. The first-order valence-electron chi connectivity index (χ1n) is 8.86. The lowest BCUT2D eigenvalue weighted by molar-refractivity contribution is -0.144. The van der Waals surface area contributed by atoms with E-state index in [0.29, 0.717) is 18.3 Å². The molecule has 1 aliphatic carbocycles. The number of carboxylic acid groups (broad SMARTS) is 1. The van der Waals surface area contributed by atoms with E-state index in [9.17, 15) is 14.7 Å². The minimum Gasteiger partial charge on any atom is -0.481 e. The van der Waals surface area contributed by atoms with E-state index in [1.807, 2.05) is 24.3 Å². The van der Waals surface area contributed by atoms with Gasteiger partial charge in [0.05, 0.1) is 5.92 Å². The highest BCUT2D eigenvalue weighted by Crippen LogP contribution is 2.34. The number of ketones is 1. The fourth-order valence-electron chi connectivity index (χ4n) is 3.67. The van der Waals surface area contributed by atoms with Crippen LogP contribution < -0.4 is 0 Å². The topological polar surface area (TPSA) is 54.4 Å². The molecule has 0 amide bonds. The monoisotopic (exact) mass is 394 g/mol. The molecule has 2 rings (SSSR count). The average Bonchev–Trinajstić information content (AvgIpc) is 2.56. The molecule has 3 nitrogen and oxygen atoms in total. The van der Waals surface area contributed by atoms with Crippen LogP contribution in [0, 0.1) is 23.7 Å². The molecule has 0 heterocycles. The Balaban J connectivity index is 1.92. The summed E-state index contributed by atoms with van der Waals surface area (Å²) in [6.45, 7) is 4.48. The molecule has 0 bridgehead atoms. The number of hydrogen-bond acceptors (Lipinski definition) is 2. The Hall–Kier alpha value is -1.16. The molecule has 4 heteroatoms. The molecule has 0 radical (unpaired) electrons. The van der Waals surface area contributed by atoms with Gasteiger partial charge in [0, 0.05) is 16.8 Å². The van der Waals surface area contributed by atoms with Gasteiger partial charge in [0.15, 0.2) is 0 Å². The molecule has 1 aliphatic rings. The standard InChI is InChI=1S/C20H27BrO3/c1-13(2)15-5-7-16(8-6-15)19(22)12-17(20(23)24)11-14-3-9-18(21)10-4-14/h3-4,9-10,13,15-17H,5-8,11-12H2,1-2H3,(H,23,24). The van der Waals surface area contributed by atoms with Crippen LogP contribution in [0.15, 0.2) is 28.7 Å². The van der Waals surface area contributed by atoms with Crippen molar-refractivity contribution in [2.75, 3.05) is 0 Å². The first-order chi connectivity index (χ1) is 11.4. The predicted octanol–water partition coefficient (Wildman–Crippen LogP) is 5.11. The molecule has 1 saturated carbocycles. The molecule has 1 atom stereocenters. The van der Waals surface area contributed by atoms with Crippen LogP contribution in [0.3, 0.4) is 0 Å². The molecule has 1 N–H and O–H groups in total. The Labute approximate surface area is 153 Å². The number of carboxylic acids is 1. The average molecular weight is 395 g/mol. The predicted molar refractivity (Wildman–Crippen MR) is 98.9 cm³/mol. The zero-order chi connectivity index (χ0) is 17.7. The van der Waals surface area contributed by atoms with Gasteiger partial charge in [-0.1, -0.05) is 41.9 Å². The van der Waals surface area contributed by atoms with Gasteiger partial charge in [-0.2, -0.15) is 0 Å². The van der Waals surface area contributed by atoms with Crippen molar-refractivity contribution in [2.24, 2.45) is 23.7 Å². The molecular formula is C20H27BrO3. The van der Waals surface area contributed by atoms with E-state index in [2.05, 4.69) is 29.8 Å². The van der Waals surface area contributed by atoms with Crippen molar-refractivity contribution in [3.8, 4) is 0 Å². The molecule has 1 fully saturated rings.